The van der Waals surface area contributed by atoms with Crippen LogP contribution < -0.4 is 4.74 Å². The Morgan fingerprint density at radius 2 is 2.04 bits per heavy atom. The lowest BCUT2D eigenvalue weighted by molar-refractivity contribution is 0.0628. The molecule has 4 heteroatoms. The minimum Gasteiger partial charge on any atom is -0.493 e. The van der Waals surface area contributed by atoms with Gasteiger partial charge in [0.25, 0.3) is 5.91 Å². The van der Waals surface area contributed by atoms with Crippen LogP contribution in [0.2, 0.25) is 0 Å². The minimum atomic E-state index is 0.0864. The molecule has 1 unspecified atom stereocenters. The standard InChI is InChI=1S/C22H24N2O2/c1-16-9-10-18-13-21(23-20(18)12-16)22(25)24-11-5-6-17(14-24)15-26-19-7-3-2-4-8-19/h2-4,7-10,12-13,17,23H,5-6,11,14-15H2,1H3. The first-order chi connectivity index (χ1) is 12.7. The maximum Gasteiger partial charge on any atom is 0.270 e. The van der Waals surface area contributed by atoms with Gasteiger partial charge in [0.1, 0.15) is 11.4 Å². The number of nitrogens with one attached hydrogen (secondary N) is 1. The molecular formula is C22H24N2O2. The Kier molecular flexibility index (Phi) is 4.65. The molecule has 134 valence electrons. The van der Waals surface area contributed by atoms with Crippen LogP contribution in [-0.4, -0.2) is 35.5 Å². The average molecular weight is 348 g/mol. The van der Waals surface area contributed by atoms with Crippen molar-refractivity contribution in [3.63, 3.8) is 0 Å². The lowest BCUT2D eigenvalue weighted by Gasteiger charge is -2.32. The second-order valence-corrected chi connectivity index (χ2v) is 7.16. The lowest BCUT2D eigenvalue weighted by Crippen LogP contribution is -2.41. The predicted molar refractivity (Wildman–Crippen MR) is 104 cm³/mol. The first-order valence-electron chi connectivity index (χ1n) is 9.25. The molecule has 2 aromatic carbocycles. The summed E-state index contributed by atoms with van der Waals surface area (Å²) in [6, 6.07) is 18.0. The van der Waals surface area contributed by atoms with Gasteiger partial charge in [0, 0.05) is 29.9 Å². The monoisotopic (exact) mass is 348 g/mol. The molecule has 0 spiro atoms. The number of hydrogen-bond donors (Lipinski definition) is 1. The average Bonchev–Trinajstić information content (AvgIpc) is 3.10. The number of fused-ring (bicyclic) bond motifs is 1. The van der Waals surface area contributed by atoms with Crippen LogP contribution in [-0.2, 0) is 0 Å². The fraction of sp³-hybridized carbons (Fsp3) is 0.318. The number of nitrogens with zero attached hydrogens (tertiary/aromatic N) is 1. The van der Waals surface area contributed by atoms with Crippen LogP contribution in [0.25, 0.3) is 10.9 Å². The number of ether oxygens (including phenoxy) is 1. The summed E-state index contributed by atoms with van der Waals surface area (Å²) in [7, 11) is 0. The van der Waals surface area contributed by atoms with Crippen LogP contribution in [0.3, 0.4) is 0 Å². The van der Waals surface area contributed by atoms with Crippen molar-refractivity contribution < 1.29 is 9.53 Å². The van der Waals surface area contributed by atoms with E-state index in [4.69, 9.17) is 4.74 Å². The summed E-state index contributed by atoms with van der Waals surface area (Å²) in [6.45, 7) is 4.28. The van der Waals surface area contributed by atoms with Crippen LogP contribution in [0.5, 0.6) is 5.75 Å². The summed E-state index contributed by atoms with van der Waals surface area (Å²) in [5, 5.41) is 1.08. The summed E-state index contributed by atoms with van der Waals surface area (Å²) in [4.78, 5) is 18.2. The topological polar surface area (TPSA) is 45.3 Å². The van der Waals surface area contributed by atoms with Gasteiger partial charge in [-0.25, -0.2) is 0 Å². The summed E-state index contributed by atoms with van der Waals surface area (Å²) in [5.41, 5.74) is 2.89. The Morgan fingerprint density at radius 1 is 1.19 bits per heavy atom. The molecule has 1 aromatic heterocycles. The number of H-pyrrole nitrogens is 1. The zero-order valence-electron chi connectivity index (χ0n) is 15.1. The van der Waals surface area contributed by atoms with E-state index in [0.717, 1.165) is 42.6 Å². The molecule has 1 N–H and O–H groups in total. The Labute approximate surface area is 153 Å². The zero-order valence-corrected chi connectivity index (χ0v) is 15.1. The summed E-state index contributed by atoms with van der Waals surface area (Å²) >= 11 is 0. The summed E-state index contributed by atoms with van der Waals surface area (Å²) in [5.74, 6) is 1.35. The maximum atomic E-state index is 12.9. The van der Waals surface area contributed by atoms with Gasteiger partial charge >= 0.3 is 0 Å². The lowest BCUT2D eigenvalue weighted by atomic mass is 9.98. The van der Waals surface area contributed by atoms with Gasteiger partial charge < -0.3 is 14.6 Å². The van der Waals surface area contributed by atoms with Crippen molar-refractivity contribution in [1.82, 2.24) is 9.88 Å². The number of piperidine rings is 1. The normalized spacial score (nSPS) is 17.4. The number of carbonyl (C=O) groups is 1. The molecule has 2 heterocycles. The number of likely N-dealkylation sites (tertiary alicyclic amines) is 1. The molecule has 0 aliphatic carbocycles. The van der Waals surface area contributed by atoms with E-state index in [1.165, 1.54) is 5.56 Å². The van der Waals surface area contributed by atoms with Crippen molar-refractivity contribution in [3.8, 4) is 5.75 Å². The minimum absolute atomic E-state index is 0.0864. The Hall–Kier alpha value is -2.75. The molecule has 4 rings (SSSR count). The molecule has 4 nitrogen and oxygen atoms in total. The van der Waals surface area contributed by atoms with Crippen LogP contribution in [0.15, 0.2) is 54.6 Å². The molecule has 1 aliphatic heterocycles. The predicted octanol–water partition coefficient (Wildman–Crippen LogP) is 4.41. The molecule has 26 heavy (non-hydrogen) atoms. The number of rotatable bonds is 4. The zero-order chi connectivity index (χ0) is 17.9. The molecule has 0 radical (unpaired) electrons. The van der Waals surface area contributed by atoms with Crippen molar-refractivity contribution >= 4 is 16.8 Å². The quantitative estimate of drug-likeness (QED) is 0.759. The SMILES string of the molecule is Cc1ccc2cc(C(=O)N3CCCC(COc4ccccc4)C3)[nH]c2c1. The van der Waals surface area contributed by atoms with Gasteiger partial charge in [-0.15, -0.1) is 0 Å². The third-order valence-corrected chi connectivity index (χ3v) is 5.04. The van der Waals surface area contributed by atoms with Gasteiger partial charge in [0.15, 0.2) is 0 Å². The highest BCUT2D eigenvalue weighted by molar-refractivity contribution is 5.98. The molecular weight excluding hydrogens is 324 g/mol. The van der Waals surface area contributed by atoms with Gasteiger partial charge in [0.2, 0.25) is 0 Å². The van der Waals surface area contributed by atoms with Gasteiger partial charge in [-0.1, -0.05) is 30.3 Å². The Balaban J connectivity index is 1.42. The van der Waals surface area contributed by atoms with E-state index < -0.39 is 0 Å². The van der Waals surface area contributed by atoms with E-state index in [9.17, 15) is 4.79 Å². The van der Waals surface area contributed by atoms with Gasteiger partial charge in [-0.3, -0.25) is 4.79 Å². The number of benzene rings is 2. The van der Waals surface area contributed by atoms with Gasteiger partial charge in [-0.2, -0.15) is 0 Å². The third kappa shape index (κ3) is 3.59. The number of hydrogen-bond acceptors (Lipinski definition) is 2. The summed E-state index contributed by atoms with van der Waals surface area (Å²) in [6.07, 6.45) is 2.12. The second-order valence-electron chi connectivity index (χ2n) is 7.16. The number of aromatic nitrogens is 1. The highest BCUT2D eigenvalue weighted by atomic mass is 16.5. The summed E-state index contributed by atoms with van der Waals surface area (Å²) < 4.78 is 5.89. The second kappa shape index (κ2) is 7.24. The molecule has 1 amide bonds. The van der Waals surface area contributed by atoms with Crippen LogP contribution >= 0.6 is 0 Å². The molecule has 0 bridgehead atoms. The van der Waals surface area contributed by atoms with Crippen molar-refractivity contribution in [3.05, 3.63) is 65.9 Å². The fourth-order valence-corrected chi connectivity index (χ4v) is 3.64. The molecule has 1 atom stereocenters. The van der Waals surface area contributed by atoms with Gasteiger partial charge in [-0.05, 0) is 49.6 Å². The molecule has 1 fully saturated rings. The van der Waals surface area contributed by atoms with E-state index in [1.807, 2.05) is 41.3 Å². The molecule has 3 aromatic rings. The molecule has 0 saturated carbocycles. The van der Waals surface area contributed by atoms with Crippen molar-refractivity contribution in [2.45, 2.75) is 19.8 Å². The number of carbonyl (C=O) groups excluding carboxylic acids is 1. The molecule has 1 aliphatic rings. The highest BCUT2D eigenvalue weighted by Crippen LogP contribution is 2.22. The first-order valence-corrected chi connectivity index (χ1v) is 9.25. The Morgan fingerprint density at radius 3 is 2.88 bits per heavy atom. The number of aryl methyl sites for hydroxylation is 1. The fourth-order valence-electron chi connectivity index (χ4n) is 3.64. The van der Waals surface area contributed by atoms with Crippen LogP contribution in [0.4, 0.5) is 0 Å². The molecule has 1 saturated heterocycles. The maximum absolute atomic E-state index is 12.9. The van der Waals surface area contributed by atoms with E-state index >= 15 is 0 Å². The van der Waals surface area contributed by atoms with Crippen molar-refractivity contribution in [1.29, 1.82) is 0 Å². The van der Waals surface area contributed by atoms with E-state index in [2.05, 4.69) is 30.1 Å². The van der Waals surface area contributed by atoms with Crippen molar-refractivity contribution in [2.24, 2.45) is 5.92 Å². The number of aromatic amines is 1. The first kappa shape index (κ1) is 16.7. The third-order valence-electron chi connectivity index (χ3n) is 5.04. The number of para-hydroxylation sites is 1. The van der Waals surface area contributed by atoms with E-state index in [-0.39, 0.29) is 5.91 Å². The van der Waals surface area contributed by atoms with Crippen molar-refractivity contribution in [2.75, 3.05) is 19.7 Å². The van der Waals surface area contributed by atoms with E-state index in [0.29, 0.717) is 18.2 Å². The number of amides is 1. The highest BCUT2D eigenvalue weighted by Gasteiger charge is 2.25. The Bertz CT molecular complexity index is 901. The van der Waals surface area contributed by atoms with Gasteiger partial charge in [0.05, 0.1) is 6.61 Å². The van der Waals surface area contributed by atoms with Crippen LogP contribution in [0, 0.1) is 12.8 Å². The smallest absolute Gasteiger partial charge is 0.270 e. The van der Waals surface area contributed by atoms with E-state index in [1.54, 1.807) is 0 Å². The van der Waals surface area contributed by atoms with Crippen LogP contribution in [0.1, 0.15) is 28.9 Å². The largest absolute Gasteiger partial charge is 0.493 e.